The van der Waals surface area contributed by atoms with Crippen molar-refractivity contribution in [1.82, 2.24) is 14.9 Å². The summed E-state index contributed by atoms with van der Waals surface area (Å²) in [5.74, 6) is -1.18. The number of rotatable bonds is 7. The van der Waals surface area contributed by atoms with Gasteiger partial charge < -0.3 is 20.3 Å². The van der Waals surface area contributed by atoms with Gasteiger partial charge in [-0.15, -0.1) is 0 Å². The van der Waals surface area contributed by atoms with E-state index < -0.39 is 23.5 Å². The highest BCUT2D eigenvalue weighted by Gasteiger charge is 2.36. The molecule has 3 rings (SSSR count). The van der Waals surface area contributed by atoms with Gasteiger partial charge in [-0.2, -0.15) is 0 Å². The van der Waals surface area contributed by atoms with E-state index in [0.717, 1.165) is 16.2 Å². The minimum Gasteiger partial charge on any atom is -0.444 e. The topological polar surface area (TPSA) is 131 Å². The van der Waals surface area contributed by atoms with Gasteiger partial charge in [-0.25, -0.2) is 14.8 Å². The van der Waals surface area contributed by atoms with Crippen molar-refractivity contribution in [2.24, 2.45) is 5.92 Å². The molecule has 2 N–H and O–H groups in total. The summed E-state index contributed by atoms with van der Waals surface area (Å²) in [4.78, 5) is 60.5. The maximum absolute atomic E-state index is 13.0. The summed E-state index contributed by atoms with van der Waals surface area (Å²) in [6.45, 7) is 7.65. The number of ether oxygens (including phenoxy) is 1. The Labute approximate surface area is 202 Å². The van der Waals surface area contributed by atoms with Crippen LogP contribution in [0, 0.1) is 5.92 Å². The Morgan fingerprint density at radius 3 is 2.62 bits per heavy atom. The molecule has 1 aliphatic carbocycles. The van der Waals surface area contributed by atoms with E-state index in [1.165, 1.54) is 13.2 Å². The number of likely N-dealkylation sites (N-methyl/N-ethyl adjacent to an activating group) is 1. The van der Waals surface area contributed by atoms with Crippen LogP contribution < -0.4 is 10.6 Å². The summed E-state index contributed by atoms with van der Waals surface area (Å²) in [5, 5.41) is 5.94. The molecule has 0 radical (unpaired) electrons. The van der Waals surface area contributed by atoms with Gasteiger partial charge in [-0.05, 0) is 52.7 Å². The second-order valence-electron chi connectivity index (χ2n) is 8.96. The molecule has 0 saturated carbocycles. The summed E-state index contributed by atoms with van der Waals surface area (Å²) in [6.07, 6.45) is 1.65. The largest absolute Gasteiger partial charge is 0.444 e. The molecule has 1 atom stereocenters. The molecule has 1 aliphatic rings. The number of nitrogens with zero attached hydrogens (tertiary/aromatic N) is 3. The van der Waals surface area contributed by atoms with E-state index in [4.69, 9.17) is 4.74 Å². The van der Waals surface area contributed by atoms with Crippen LogP contribution in [0.2, 0.25) is 0 Å². The average Bonchev–Trinajstić information content (AvgIpc) is 3.16. The van der Waals surface area contributed by atoms with Crippen molar-refractivity contribution in [2.75, 3.05) is 30.8 Å². The zero-order valence-electron chi connectivity index (χ0n) is 19.9. The van der Waals surface area contributed by atoms with Gasteiger partial charge in [0.05, 0.1) is 16.5 Å². The summed E-state index contributed by atoms with van der Waals surface area (Å²) in [5.41, 5.74) is 0.275. The molecule has 10 nitrogen and oxygen atoms in total. The lowest BCUT2D eigenvalue weighted by Gasteiger charge is -2.24. The molecule has 0 aromatic carbocycles. The summed E-state index contributed by atoms with van der Waals surface area (Å²) in [7, 11) is 1.46. The maximum Gasteiger partial charge on any atom is 0.410 e. The lowest BCUT2D eigenvalue weighted by Crippen LogP contribution is -2.38. The number of carbonyl (C=O) groups excluding carboxylic acids is 4. The molecule has 11 heteroatoms. The van der Waals surface area contributed by atoms with Gasteiger partial charge in [-0.1, -0.05) is 11.3 Å². The maximum atomic E-state index is 13.0. The van der Waals surface area contributed by atoms with Gasteiger partial charge in [0.2, 0.25) is 5.91 Å². The molecular weight excluding hydrogens is 458 g/mol. The normalized spacial score (nSPS) is 15.3. The molecule has 182 valence electrons. The molecule has 2 aromatic heterocycles. The van der Waals surface area contributed by atoms with E-state index in [1.54, 1.807) is 32.9 Å². The van der Waals surface area contributed by atoms with Crippen molar-refractivity contribution < 1.29 is 23.9 Å². The number of amides is 2. The minimum atomic E-state index is -0.804. The number of pyridine rings is 1. The number of Topliss-reactive ketones (excluding diaryl/α,β-unsaturated/α-hetero) is 2. The SMILES string of the molecule is CCNc1ccc(C(=O)C2CCc3nc(NC(=O)CN(C)C(=O)OC(C)(C)C)sc3C2=O)cn1. The lowest BCUT2D eigenvalue weighted by molar-refractivity contribution is -0.117. The first kappa shape index (κ1) is 25.3. The Morgan fingerprint density at radius 1 is 1.26 bits per heavy atom. The average molecular weight is 488 g/mol. The minimum absolute atomic E-state index is 0.232. The van der Waals surface area contributed by atoms with Crippen LogP contribution in [0.3, 0.4) is 0 Å². The molecule has 1 unspecified atom stereocenters. The number of fused-ring (bicyclic) bond motifs is 1. The highest BCUT2D eigenvalue weighted by molar-refractivity contribution is 7.17. The molecule has 2 heterocycles. The number of thiazole rings is 1. The summed E-state index contributed by atoms with van der Waals surface area (Å²) < 4.78 is 5.23. The van der Waals surface area contributed by atoms with Crippen LogP contribution in [-0.4, -0.2) is 64.2 Å². The first-order valence-corrected chi connectivity index (χ1v) is 11.8. The van der Waals surface area contributed by atoms with Crippen molar-refractivity contribution >= 4 is 45.9 Å². The van der Waals surface area contributed by atoms with Crippen molar-refractivity contribution in [3.05, 3.63) is 34.5 Å². The highest BCUT2D eigenvalue weighted by Crippen LogP contribution is 2.34. The first-order valence-electron chi connectivity index (χ1n) is 11.0. The standard InChI is InChI=1S/C23H29N5O5S/c1-6-24-16-10-7-13(11-25-16)18(30)14-8-9-15-20(19(14)31)34-21(26-15)27-17(29)12-28(5)22(32)33-23(2,3)4/h7,10-11,14H,6,8-9,12H2,1-5H3,(H,24,25)(H,26,27,29). The number of hydrogen-bond donors (Lipinski definition) is 2. The van der Waals surface area contributed by atoms with Crippen LogP contribution in [0.4, 0.5) is 15.7 Å². The fraction of sp³-hybridized carbons (Fsp3) is 0.478. The third-order valence-electron chi connectivity index (χ3n) is 4.96. The lowest BCUT2D eigenvalue weighted by atomic mass is 9.84. The first-order chi connectivity index (χ1) is 16.0. The molecule has 34 heavy (non-hydrogen) atoms. The summed E-state index contributed by atoms with van der Waals surface area (Å²) in [6, 6.07) is 3.37. The van der Waals surface area contributed by atoms with Crippen LogP contribution in [0.15, 0.2) is 18.3 Å². The second-order valence-corrected chi connectivity index (χ2v) is 9.96. The van der Waals surface area contributed by atoms with E-state index in [1.807, 2.05) is 6.92 Å². The Hall–Kier alpha value is -3.34. The third kappa shape index (κ3) is 6.16. The van der Waals surface area contributed by atoms with E-state index >= 15 is 0 Å². The van der Waals surface area contributed by atoms with Crippen molar-refractivity contribution in [3.8, 4) is 0 Å². The smallest absolute Gasteiger partial charge is 0.410 e. The predicted molar refractivity (Wildman–Crippen MR) is 128 cm³/mol. The van der Waals surface area contributed by atoms with Crippen LogP contribution in [0.25, 0.3) is 0 Å². The summed E-state index contributed by atoms with van der Waals surface area (Å²) >= 11 is 1.04. The Morgan fingerprint density at radius 2 is 2.00 bits per heavy atom. The molecule has 0 bridgehead atoms. The quantitative estimate of drug-likeness (QED) is 0.449. The van der Waals surface area contributed by atoms with Crippen molar-refractivity contribution in [1.29, 1.82) is 0 Å². The van der Waals surface area contributed by atoms with E-state index in [2.05, 4.69) is 20.6 Å². The predicted octanol–water partition coefficient (Wildman–Crippen LogP) is 3.40. The van der Waals surface area contributed by atoms with Gasteiger partial charge in [0, 0.05) is 25.4 Å². The van der Waals surface area contributed by atoms with E-state index in [0.29, 0.717) is 41.3 Å². The van der Waals surface area contributed by atoms with E-state index in [-0.39, 0.29) is 23.2 Å². The Kier molecular flexibility index (Phi) is 7.65. The number of nitrogens with one attached hydrogen (secondary N) is 2. The number of ketones is 2. The monoisotopic (exact) mass is 487 g/mol. The van der Waals surface area contributed by atoms with Gasteiger partial charge in [0.25, 0.3) is 0 Å². The molecule has 2 aromatic rings. The Balaban J connectivity index is 1.64. The van der Waals surface area contributed by atoms with E-state index in [9.17, 15) is 19.2 Å². The van der Waals surface area contributed by atoms with Crippen LogP contribution in [0.1, 0.15) is 59.8 Å². The van der Waals surface area contributed by atoms with Gasteiger partial charge in [-0.3, -0.25) is 14.4 Å². The number of aromatic nitrogens is 2. The van der Waals surface area contributed by atoms with Gasteiger partial charge in [0.15, 0.2) is 16.7 Å². The number of anilines is 2. The van der Waals surface area contributed by atoms with Crippen LogP contribution in [0.5, 0.6) is 0 Å². The number of aryl methyl sites for hydroxylation is 1. The molecule has 0 spiro atoms. The fourth-order valence-corrected chi connectivity index (χ4v) is 4.42. The van der Waals surface area contributed by atoms with Gasteiger partial charge >= 0.3 is 6.09 Å². The third-order valence-corrected chi connectivity index (χ3v) is 5.99. The molecule has 0 fully saturated rings. The number of carbonyl (C=O) groups is 4. The molecule has 2 amide bonds. The zero-order chi connectivity index (χ0) is 25.0. The molecule has 0 saturated heterocycles. The molecular formula is C23H29N5O5S. The molecule has 0 aliphatic heterocycles. The van der Waals surface area contributed by atoms with Crippen LogP contribution >= 0.6 is 11.3 Å². The van der Waals surface area contributed by atoms with Crippen LogP contribution in [-0.2, 0) is 16.0 Å². The zero-order valence-corrected chi connectivity index (χ0v) is 20.7. The second kappa shape index (κ2) is 10.3. The van der Waals surface area contributed by atoms with Crippen molar-refractivity contribution in [2.45, 2.75) is 46.1 Å². The highest BCUT2D eigenvalue weighted by atomic mass is 32.1. The van der Waals surface area contributed by atoms with Crippen molar-refractivity contribution in [3.63, 3.8) is 0 Å². The Bertz CT molecular complexity index is 1090. The number of hydrogen-bond acceptors (Lipinski definition) is 9. The fourth-order valence-electron chi connectivity index (χ4n) is 3.39. The van der Waals surface area contributed by atoms with Gasteiger partial charge in [0.1, 0.15) is 18.0 Å².